The highest BCUT2D eigenvalue weighted by Gasteiger charge is 2.12. The average Bonchev–Trinajstić information content (AvgIpc) is 2.49. The lowest BCUT2D eigenvalue weighted by atomic mass is 10.1. The van der Waals surface area contributed by atoms with Crippen molar-refractivity contribution in [1.29, 1.82) is 0 Å². The maximum absolute atomic E-state index is 12.3. The van der Waals surface area contributed by atoms with Crippen LogP contribution in [0.4, 0.5) is 0 Å². The number of rotatable bonds is 6. The van der Waals surface area contributed by atoms with Gasteiger partial charge in [0.05, 0.1) is 17.4 Å². The molecular formula is C17H21NO2S. The van der Waals surface area contributed by atoms with Gasteiger partial charge in [0, 0.05) is 16.7 Å². The molecule has 0 aliphatic heterocycles. The van der Waals surface area contributed by atoms with Gasteiger partial charge in [0.25, 0.3) is 0 Å². The zero-order valence-corrected chi connectivity index (χ0v) is 13.2. The minimum atomic E-state index is -1.09. The molecule has 2 unspecified atom stereocenters. The first-order valence-corrected chi connectivity index (χ1v) is 8.35. The van der Waals surface area contributed by atoms with E-state index in [1.807, 2.05) is 62.4 Å². The van der Waals surface area contributed by atoms with Gasteiger partial charge in [-0.15, -0.1) is 0 Å². The van der Waals surface area contributed by atoms with Crippen molar-refractivity contribution in [3.05, 3.63) is 59.7 Å². The molecule has 0 spiro atoms. The van der Waals surface area contributed by atoms with Gasteiger partial charge in [0.15, 0.2) is 0 Å². The monoisotopic (exact) mass is 303 g/mol. The van der Waals surface area contributed by atoms with Gasteiger partial charge < -0.3 is 10.5 Å². The van der Waals surface area contributed by atoms with Gasteiger partial charge in [-0.1, -0.05) is 29.8 Å². The summed E-state index contributed by atoms with van der Waals surface area (Å²) in [6.45, 7) is 4.60. The molecule has 0 aliphatic rings. The van der Waals surface area contributed by atoms with Crippen LogP contribution in [0.25, 0.3) is 0 Å². The van der Waals surface area contributed by atoms with E-state index in [0.717, 1.165) is 21.8 Å². The molecule has 2 atom stereocenters. The van der Waals surface area contributed by atoms with E-state index in [2.05, 4.69) is 0 Å². The summed E-state index contributed by atoms with van der Waals surface area (Å²) in [5.41, 5.74) is 8.28. The van der Waals surface area contributed by atoms with Gasteiger partial charge in [-0.2, -0.15) is 0 Å². The Kier molecular flexibility index (Phi) is 5.53. The molecule has 0 aliphatic carbocycles. The summed E-state index contributed by atoms with van der Waals surface area (Å²) in [7, 11) is -1.09. The van der Waals surface area contributed by atoms with E-state index >= 15 is 0 Å². The van der Waals surface area contributed by atoms with Crippen LogP contribution in [0.1, 0.15) is 24.1 Å². The molecule has 0 aromatic heterocycles. The fourth-order valence-corrected chi connectivity index (χ4v) is 3.17. The van der Waals surface area contributed by atoms with Crippen molar-refractivity contribution in [2.45, 2.75) is 24.8 Å². The van der Waals surface area contributed by atoms with Gasteiger partial charge in [-0.3, -0.25) is 4.21 Å². The molecule has 2 aromatic carbocycles. The molecule has 2 N–H and O–H groups in total. The van der Waals surface area contributed by atoms with Crippen molar-refractivity contribution in [1.82, 2.24) is 0 Å². The van der Waals surface area contributed by atoms with E-state index in [4.69, 9.17) is 10.5 Å². The molecule has 0 saturated heterocycles. The van der Waals surface area contributed by atoms with Crippen molar-refractivity contribution in [3.8, 4) is 5.75 Å². The molecular weight excluding hydrogens is 282 g/mol. The second kappa shape index (κ2) is 7.38. The molecule has 112 valence electrons. The minimum Gasteiger partial charge on any atom is -0.494 e. The number of aryl methyl sites for hydroxylation is 1. The van der Waals surface area contributed by atoms with E-state index in [1.165, 1.54) is 0 Å². The molecule has 0 bridgehead atoms. The zero-order valence-electron chi connectivity index (χ0n) is 12.4. The van der Waals surface area contributed by atoms with Crippen LogP contribution in [0.2, 0.25) is 0 Å². The molecule has 0 heterocycles. The molecule has 0 amide bonds. The molecule has 21 heavy (non-hydrogen) atoms. The van der Waals surface area contributed by atoms with Crippen LogP contribution in [-0.2, 0) is 10.8 Å². The average molecular weight is 303 g/mol. The summed E-state index contributed by atoms with van der Waals surface area (Å²) in [4.78, 5) is 0.821. The third-order valence-corrected chi connectivity index (χ3v) is 4.69. The SMILES string of the molecule is CCOc1ccc(C(N)CS(=O)c2ccc(C)cc2)cc1. The van der Waals surface area contributed by atoms with Crippen LogP contribution in [0.5, 0.6) is 5.75 Å². The second-order valence-electron chi connectivity index (χ2n) is 4.93. The maximum Gasteiger partial charge on any atom is 0.119 e. The normalized spacial score (nSPS) is 13.7. The first kappa shape index (κ1) is 15.7. The summed E-state index contributed by atoms with van der Waals surface area (Å²) in [5, 5.41) is 0. The standard InChI is InChI=1S/C17H21NO2S/c1-3-20-15-8-6-14(7-9-15)17(18)12-21(19)16-10-4-13(2)5-11-16/h4-11,17H,3,12,18H2,1-2H3. The van der Waals surface area contributed by atoms with Gasteiger partial charge in [-0.25, -0.2) is 0 Å². The minimum absolute atomic E-state index is 0.247. The fourth-order valence-electron chi connectivity index (χ4n) is 2.02. The zero-order chi connectivity index (χ0) is 15.2. The van der Waals surface area contributed by atoms with Crippen molar-refractivity contribution < 1.29 is 8.95 Å². The molecule has 0 fully saturated rings. The van der Waals surface area contributed by atoms with Gasteiger partial charge in [0.2, 0.25) is 0 Å². The molecule has 0 radical (unpaired) electrons. The quantitative estimate of drug-likeness (QED) is 0.891. The van der Waals surface area contributed by atoms with Crippen molar-refractivity contribution >= 4 is 10.8 Å². The maximum atomic E-state index is 12.3. The molecule has 2 aromatic rings. The molecule has 0 saturated carbocycles. The van der Waals surface area contributed by atoms with Gasteiger partial charge in [-0.05, 0) is 43.7 Å². The van der Waals surface area contributed by atoms with Crippen LogP contribution >= 0.6 is 0 Å². The summed E-state index contributed by atoms with van der Waals surface area (Å²) in [6, 6.07) is 15.1. The van der Waals surface area contributed by atoms with Crippen LogP contribution in [0.15, 0.2) is 53.4 Å². The molecule has 3 nitrogen and oxygen atoms in total. The van der Waals surface area contributed by atoms with Crippen LogP contribution in [0, 0.1) is 6.92 Å². The van der Waals surface area contributed by atoms with E-state index in [1.54, 1.807) is 0 Å². The number of hydrogen-bond donors (Lipinski definition) is 1. The summed E-state index contributed by atoms with van der Waals surface area (Å²) in [5.74, 6) is 1.24. The Bertz CT molecular complexity index is 593. The van der Waals surface area contributed by atoms with E-state index in [0.29, 0.717) is 12.4 Å². The Labute approximate surface area is 128 Å². The van der Waals surface area contributed by atoms with Crippen molar-refractivity contribution in [2.75, 3.05) is 12.4 Å². The van der Waals surface area contributed by atoms with Gasteiger partial charge in [0.1, 0.15) is 5.75 Å². The largest absolute Gasteiger partial charge is 0.494 e. The smallest absolute Gasteiger partial charge is 0.119 e. The summed E-state index contributed by atoms with van der Waals surface area (Å²) >= 11 is 0. The lowest BCUT2D eigenvalue weighted by Gasteiger charge is -2.13. The number of benzene rings is 2. The lowest BCUT2D eigenvalue weighted by Crippen LogP contribution is -2.18. The Balaban J connectivity index is 2.01. The Hall–Kier alpha value is -1.65. The first-order chi connectivity index (χ1) is 10.1. The van der Waals surface area contributed by atoms with Crippen molar-refractivity contribution in [2.24, 2.45) is 5.73 Å². The van der Waals surface area contributed by atoms with E-state index < -0.39 is 10.8 Å². The highest BCUT2D eigenvalue weighted by molar-refractivity contribution is 7.85. The van der Waals surface area contributed by atoms with Crippen LogP contribution in [-0.4, -0.2) is 16.6 Å². The summed E-state index contributed by atoms with van der Waals surface area (Å²) < 4.78 is 17.7. The lowest BCUT2D eigenvalue weighted by molar-refractivity contribution is 0.340. The van der Waals surface area contributed by atoms with E-state index in [9.17, 15) is 4.21 Å². The third kappa shape index (κ3) is 4.41. The molecule has 2 rings (SSSR count). The number of nitrogens with two attached hydrogens (primary N) is 1. The second-order valence-corrected chi connectivity index (χ2v) is 6.43. The highest BCUT2D eigenvalue weighted by Crippen LogP contribution is 2.19. The van der Waals surface area contributed by atoms with E-state index in [-0.39, 0.29) is 6.04 Å². The number of hydrogen-bond acceptors (Lipinski definition) is 3. The Morgan fingerprint density at radius 1 is 1.10 bits per heavy atom. The predicted octanol–water partition coefficient (Wildman–Crippen LogP) is 3.20. The van der Waals surface area contributed by atoms with Crippen molar-refractivity contribution in [3.63, 3.8) is 0 Å². The fraction of sp³-hybridized carbons (Fsp3) is 0.294. The van der Waals surface area contributed by atoms with Gasteiger partial charge >= 0.3 is 0 Å². The van der Waals surface area contributed by atoms with Crippen LogP contribution in [0.3, 0.4) is 0 Å². The Morgan fingerprint density at radius 3 is 2.29 bits per heavy atom. The predicted molar refractivity (Wildman–Crippen MR) is 87.0 cm³/mol. The molecule has 4 heteroatoms. The highest BCUT2D eigenvalue weighted by atomic mass is 32.2. The first-order valence-electron chi connectivity index (χ1n) is 7.03. The number of ether oxygens (including phenoxy) is 1. The summed E-state index contributed by atoms with van der Waals surface area (Å²) in [6.07, 6.45) is 0. The topological polar surface area (TPSA) is 52.3 Å². The van der Waals surface area contributed by atoms with Crippen LogP contribution < -0.4 is 10.5 Å². The third-order valence-electron chi connectivity index (χ3n) is 3.23. The Morgan fingerprint density at radius 2 is 1.71 bits per heavy atom.